The van der Waals surface area contributed by atoms with Crippen LogP contribution < -0.4 is 11.1 Å². The molecule has 1 aromatic carbocycles. The summed E-state index contributed by atoms with van der Waals surface area (Å²) in [7, 11) is 0. The molecule has 1 amide bonds. The number of carbonyl (C=O) groups excluding carboxylic acids is 1. The molecule has 1 aromatic rings. The lowest BCUT2D eigenvalue weighted by molar-refractivity contribution is -0.121. The van der Waals surface area contributed by atoms with Crippen LogP contribution in [0.25, 0.3) is 0 Å². The molecule has 88 valence electrons. The van der Waals surface area contributed by atoms with Gasteiger partial charge in [-0.3, -0.25) is 4.79 Å². The zero-order chi connectivity index (χ0) is 12.2. The predicted molar refractivity (Wildman–Crippen MR) is 66.4 cm³/mol. The van der Waals surface area contributed by atoms with Crippen molar-refractivity contribution in [1.29, 1.82) is 0 Å². The second-order valence-electron chi connectivity index (χ2n) is 4.44. The van der Waals surface area contributed by atoms with Crippen LogP contribution in [0.3, 0.4) is 0 Å². The molecule has 0 bridgehead atoms. The van der Waals surface area contributed by atoms with Gasteiger partial charge in [0.25, 0.3) is 0 Å². The Morgan fingerprint density at radius 3 is 2.44 bits per heavy atom. The zero-order valence-corrected chi connectivity index (χ0v) is 10.3. The van der Waals surface area contributed by atoms with E-state index in [0.29, 0.717) is 5.02 Å². The standard InChI is InChI=1S/C12H17ClN2O/c1-12(2,15-11(16)8-14)7-9-3-5-10(13)6-4-9/h3-6H,7-8,14H2,1-2H3,(H,15,16). The van der Waals surface area contributed by atoms with Gasteiger partial charge in [-0.05, 0) is 38.0 Å². The minimum atomic E-state index is -0.301. The second kappa shape index (κ2) is 5.32. The lowest BCUT2D eigenvalue weighted by Gasteiger charge is -2.26. The highest BCUT2D eigenvalue weighted by Gasteiger charge is 2.19. The highest BCUT2D eigenvalue weighted by Crippen LogP contribution is 2.15. The third-order valence-corrected chi connectivity index (χ3v) is 2.47. The van der Waals surface area contributed by atoms with Crippen molar-refractivity contribution < 1.29 is 4.79 Å². The molecule has 0 aliphatic rings. The number of halogens is 1. The Labute approximate surface area is 101 Å². The fraction of sp³-hybridized carbons (Fsp3) is 0.417. The van der Waals surface area contributed by atoms with Crippen LogP contribution in [0.4, 0.5) is 0 Å². The van der Waals surface area contributed by atoms with Crippen molar-refractivity contribution in [2.75, 3.05) is 6.54 Å². The van der Waals surface area contributed by atoms with Crippen LogP contribution in [0.5, 0.6) is 0 Å². The van der Waals surface area contributed by atoms with E-state index in [-0.39, 0.29) is 18.0 Å². The van der Waals surface area contributed by atoms with Crippen LogP contribution in [0.2, 0.25) is 5.02 Å². The number of nitrogens with one attached hydrogen (secondary N) is 1. The zero-order valence-electron chi connectivity index (χ0n) is 9.59. The molecule has 0 heterocycles. The van der Waals surface area contributed by atoms with Crippen molar-refractivity contribution in [2.24, 2.45) is 5.73 Å². The summed E-state index contributed by atoms with van der Waals surface area (Å²) in [5, 5.41) is 3.59. The molecule has 16 heavy (non-hydrogen) atoms. The Bertz CT molecular complexity index is 360. The Hall–Kier alpha value is -1.06. The van der Waals surface area contributed by atoms with Crippen LogP contribution in [0.1, 0.15) is 19.4 Å². The molecule has 0 unspecified atom stereocenters. The lowest BCUT2D eigenvalue weighted by atomic mass is 9.95. The van der Waals surface area contributed by atoms with Crippen molar-refractivity contribution in [3.63, 3.8) is 0 Å². The maximum absolute atomic E-state index is 11.2. The van der Waals surface area contributed by atoms with Crippen LogP contribution in [-0.4, -0.2) is 18.0 Å². The molecule has 0 spiro atoms. The summed E-state index contributed by atoms with van der Waals surface area (Å²) in [6, 6.07) is 7.60. The molecule has 0 saturated carbocycles. The normalized spacial score (nSPS) is 11.2. The summed E-state index contributed by atoms with van der Waals surface area (Å²) >= 11 is 5.80. The number of hydrogen-bond donors (Lipinski definition) is 2. The van der Waals surface area contributed by atoms with E-state index in [0.717, 1.165) is 12.0 Å². The van der Waals surface area contributed by atoms with E-state index in [2.05, 4.69) is 5.32 Å². The van der Waals surface area contributed by atoms with Gasteiger partial charge in [0.05, 0.1) is 6.54 Å². The lowest BCUT2D eigenvalue weighted by Crippen LogP contribution is -2.47. The smallest absolute Gasteiger partial charge is 0.234 e. The van der Waals surface area contributed by atoms with Gasteiger partial charge in [-0.1, -0.05) is 23.7 Å². The van der Waals surface area contributed by atoms with Gasteiger partial charge in [0.2, 0.25) is 5.91 Å². The highest BCUT2D eigenvalue weighted by molar-refractivity contribution is 6.30. The van der Waals surface area contributed by atoms with E-state index in [9.17, 15) is 4.79 Å². The van der Waals surface area contributed by atoms with Crippen molar-refractivity contribution in [3.8, 4) is 0 Å². The van der Waals surface area contributed by atoms with Gasteiger partial charge in [0.1, 0.15) is 0 Å². The number of hydrogen-bond acceptors (Lipinski definition) is 2. The van der Waals surface area contributed by atoms with Gasteiger partial charge < -0.3 is 11.1 Å². The first-order valence-corrected chi connectivity index (χ1v) is 5.56. The van der Waals surface area contributed by atoms with Crippen LogP contribution in [0.15, 0.2) is 24.3 Å². The Morgan fingerprint density at radius 1 is 1.38 bits per heavy atom. The first-order chi connectivity index (χ1) is 7.43. The average Bonchev–Trinajstić information content (AvgIpc) is 2.20. The largest absolute Gasteiger partial charge is 0.350 e. The number of carbonyl (C=O) groups is 1. The third kappa shape index (κ3) is 4.21. The summed E-state index contributed by atoms with van der Waals surface area (Å²) in [4.78, 5) is 11.2. The molecule has 0 radical (unpaired) electrons. The minimum absolute atomic E-state index is 0.0179. The third-order valence-electron chi connectivity index (χ3n) is 2.22. The maximum atomic E-state index is 11.2. The van der Waals surface area contributed by atoms with Crippen molar-refractivity contribution in [3.05, 3.63) is 34.9 Å². The predicted octanol–water partition coefficient (Wildman–Crippen LogP) is 1.74. The van der Waals surface area contributed by atoms with Crippen molar-refractivity contribution in [2.45, 2.75) is 25.8 Å². The fourth-order valence-electron chi connectivity index (χ4n) is 1.59. The SMILES string of the molecule is CC(C)(Cc1ccc(Cl)cc1)NC(=O)CN. The number of rotatable bonds is 4. The van der Waals surface area contributed by atoms with Crippen molar-refractivity contribution >= 4 is 17.5 Å². The molecular formula is C12H17ClN2O. The molecule has 0 aromatic heterocycles. The minimum Gasteiger partial charge on any atom is -0.350 e. The average molecular weight is 241 g/mol. The van der Waals surface area contributed by atoms with E-state index in [1.807, 2.05) is 38.1 Å². The molecule has 0 aliphatic carbocycles. The van der Waals surface area contributed by atoms with E-state index < -0.39 is 0 Å². The molecule has 4 heteroatoms. The van der Waals surface area contributed by atoms with Crippen LogP contribution in [0, 0.1) is 0 Å². The summed E-state index contributed by atoms with van der Waals surface area (Å²) in [6.07, 6.45) is 0.746. The monoisotopic (exact) mass is 240 g/mol. The Kier molecular flexibility index (Phi) is 4.33. The fourth-order valence-corrected chi connectivity index (χ4v) is 1.71. The van der Waals surface area contributed by atoms with Gasteiger partial charge >= 0.3 is 0 Å². The van der Waals surface area contributed by atoms with Crippen LogP contribution >= 0.6 is 11.6 Å². The maximum Gasteiger partial charge on any atom is 0.234 e. The van der Waals surface area contributed by atoms with Crippen molar-refractivity contribution in [1.82, 2.24) is 5.32 Å². The summed E-state index contributed by atoms with van der Waals surface area (Å²) in [6.45, 7) is 3.95. The highest BCUT2D eigenvalue weighted by atomic mass is 35.5. The van der Waals surface area contributed by atoms with E-state index in [1.165, 1.54) is 0 Å². The topological polar surface area (TPSA) is 55.1 Å². The Morgan fingerprint density at radius 2 is 1.94 bits per heavy atom. The quantitative estimate of drug-likeness (QED) is 0.842. The summed E-state index contributed by atoms with van der Waals surface area (Å²) < 4.78 is 0. The molecular weight excluding hydrogens is 224 g/mol. The molecule has 1 rings (SSSR count). The summed E-state index contributed by atoms with van der Waals surface area (Å²) in [5.74, 6) is -0.140. The molecule has 3 N–H and O–H groups in total. The van der Waals surface area contributed by atoms with Gasteiger partial charge in [0.15, 0.2) is 0 Å². The first-order valence-electron chi connectivity index (χ1n) is 5.18. The van der Waals surface area contributed by atoms with Gasteiger partial charge in [-0.15, -0.1) is 0 Å². The van der Waals surface area contributed by atoms with Gasteiger partial charge in [0, 0.05) is 10.6 Å². The molecule has 3 nitrogen and oxygen atoms in total. The molecule has 0 saturated heterocycles. The number of nitrogens with two attached hydrogens (primary N) is 1. The first kappa shape index (κ1) is 13.0. The number of amides is 1. The van der Waals surface area contributed by atoms with Gasteiger partial charge in [-0.25, -0.2) is 0 Å². The van der Waals surface area contributed by atoms with E-state index >= 15 is 0 Å². The molecule has 0 fully saturated rings. The van der Waals surface area contributed by atoms with E-state index in [1.54, 1.807) is 0 Å². The molecule has 0 atom stereocenters. The molecule has 0 aliphatic heterocycles. The Balaban J connectivity index is 2.64. The van der Waals surface area contributed by atoms with Crippen LogP contribution in [-0.2, 0) is 11.2 Å². The summed E-state index contributed by atoms with van der Waals surface area (Å²) in [5.41, 5.74) is 6.09. The van der Waals surface area contributed by atoms with Gasteiger partial charge in [-0.2, -0.15) is 0 Å². The van der Waals surface area contributed by atoms with E-state index in [4.69, 9.17) is 17.3 Å². The number of benzene rings is 1. The second-order valence-corrected chi connectivity index (χ2v) is 4.88.